The predicted octanol–water partition coefficient (Wildman–Crippen LogP) is 4.81. The van der Waals surface area contributed by atoms with Crippen LogP contribution in [0.4, 0.5) is 0 Å². The average Bonchev–Trinajstić information content (AvgIpc) is 2.92. The van der Waals surface area contributed by atoms with Gasteiger partial charge in [-0.15, -0.1) is 0 Å². The molecule has 124 valence electrons. The van der Waals surface area contributed by atoms with E-state index in [-0.39, 0.29) is 0 Å². The lowest BCUT2D eigenvalue weighted by molar-refractivity contribution is 0.387. The number of fused-ring (bicyclic) bond motifs is 1. The Kier molecular flexibility index (Phi) is 5.34. The van der Waals surface area contributed by atoms with Crippen molar-refractivity contribution in [1.29, 1.82) is 0 Å². The molecule has 1 aromatic heterocycles. The fourth-order valence-electron chi connectivity index (χ4n) is 2.75. The average molecular weight is 340 g/mol. The molecule has 0 radical (unpaired) electrons. The first kappa shape index (κ1) is 16.7. The molecule has 4 heteroatoms. The van der Waals surface area contributed by atoms with Crippen LogP contribution in [0.2, 0.25) is 5.02 Å². The van der Waals surface area contributed by atoms with Crippen molar-refractivity contribution >= 4 is 34.8 Å². The number of rotatable bonds is 6. The van der Waals surface area contributed by atoms with Gasteiger partial charge in [-0.05, 0) is 63.0 Å². The van der Waals surface area contributed by atoms with Gasteiger partial charge in [0.1, 0.15) is 5.82 Å². The predicted molar refractivity (Wildman–Crippen MR) is 103 cm³/mol. The lowest BCUT2D eigenvalue weighted by atomic mass is 10.2. The molecule has 0 bridgehead atoms. The molecule has 0 aliphatic heterocycles. The number of aromatic nitrogens is 2. The third-order valence-electron chi connectivity index (χ3n) is 3.97. The van der Waals surface area contributed by atoms with Crippen molar-refractivity contribution in [2.24, 2.45) is 0 Å². The molecule has 0 aliphatic rings. The molecule has 2 aromatic carbocycles. The zero-order valence-electron chi connectivity index (χ0n) is 14.1. The van der Waals surface area contributed by atoms with Crippen molar-refractivity contribution in [3.8, 4) is 0 Å². The molecule has 0 amide bonds. The van der Waals surface area contributed by atoms with Crippen molar-refractivity contribution < 1.29 is 0 Å². The van der Waals surface area contributed by atoms with Gasteiger partial charge in [0.15, 0.2) is 0 Å². The van der Waals surface area contributed by atoms with Gasteiger partial charge in [-0.25, -0.2) is 4.98 Å². The van der Waals surface area contributed by atoms with E-state index in [0.717, 1.165) is 41.4 Å². The largest absolute Gasteiger partial charge is 0.324 e. The molecule has 3 nitrogen and oxygen atoms in total. The first-order chi connectivity index (χ1) is 11.6. The van der Waals surface area contributed by atoms with Gasteiger partial charge >= 0.3 is 0 Å². The zero-order chi connectivity index (χ0) is 16.9. The van der Waals surface area contributed by atoms with E-state index < -0.39 is 0 Å². The Labute approximate surface area is 148 Å². The Morgan fingerprint density at radius 3 is 2.54 bits per heavy atom. The van der Waals surface area contributed by atoms with Gasteiger partial charge in [0.05, 0.1) is 11.0 Å². The van der Waals surface area contributed by atoms with E-state index >= 15 is 0 Å². The van der Waals surface area contributed by atoms with Crippen molar-refractivity contribution in [3.63, 3.8) is 0 Å². The molecule has 1 heterocycles. The second-order valence-corrected chi connectivity index (χ2v) is 6.59. The summed E-state index contributed by atoms with van der Waals surface area (Å²) in [5, 5.41) is 0.753. The summed E-state index contributed by atoms with van der Waals surface area (Å²) in [6, 6.07) is 16.1. The number of hydrogen-bond donors (Lipinski definition) is 0. The van der Waals surface area contributed by atoms with E-state index in [1.54, 1.807) is 0 Å². The molecular formula is C20H22ClN3. The summed E-state index contributed by atoms with van der Waals surface area (Å²) in [7, 11) is 4.21. The van der Waals surface area contributed by atoms with Gasteiger partial charge in [0.2, 0.25) is 0 Å². The van der Waals surface area contributed by atoms with Gasteiger partial charge in [-0.1, -0.05) is 41.9 Å². The fraction of sp³-hybridized carbons (Fsp3) is 0.250. The maximum atomic E-state index is 5.95. The minimum Gasteiger partial charge on any atom is -0.324 e. The van der Waals surface area contributed by atoms with Crippen molar-refractivity contribution in [2.45, 2.75) is 13.0 Å². The van der Waals surface area contributed by atoms with E-state index in [9.17, 15) is 0 Å². The van der Waals surface area contributed by atoms with Crippen LogP contribution < -0.4 is 0 Å². The number of aryl methyl sites for hydroxylation is 1. The lowest BCUT2D eigenvalue weighted by Crippen LogP contribution is -2.15. The monoisotopic (exact) mass is 339 g/mol. The standard InChI is InChI=1S/C20H22ClN3/c1-23(2)14-5-15-24-19-7-4-3-6-18(19)22-20(24)13-10-16-8-11-17(21)12-9-16/h3-4,6-13H,5,14-15H2,1-2H3/b13-10+. The number of nitrogens with zero attached hydrogens (tertiary/aromatic N) is 3. The normalized spacial score (nSPS) is 11.8. The van der Waals surface area contributed by atoms with Gasteiger partial charge in [0.25, 0.3) is 0 Å². The fourth-order valence-corrected chi connectivity index (χ4v) is 2.87. The Morgan fingerprint density at radius 2 is 1.79 bits per heavy atom. The summed E-state index contributed by atoms with van der Waals surface area (Å²) in [6.07, 6.45) is 5.26. The molecule has 0 N–H and O–H groups in total. The van der Waals surface area contributed by atoms with Crippen LogP contribution in [0.25, 0.3) is 23.2 Å². The molecule has 0 saturated heterocycles. The highest BCUT2D eigenvalue weighted by Gasteiger charge is 2.08. The summed E-state index contributed by atoms with van der Waals surface area (Å²) in [4.78, 5) is 6.99. The van der Waals surface area contributed by atoms with Gasteiger partial charge in [-0.3, -0.25) is 0 Å². The highest BCUT2D eigenvalue weighted by Crippen LogP contribution is 2.19. The Hall–Kier alpha value is -2.10. The summed E-state index contributed by atoms with van der Waals surface area (Å²) in [5.41, 5.74) is 3.34. The van der Waals surface area contributed by atoms with E-state index in [4.69, 9.17) is 16.6 Å². The summed E-state index contributed by atoms with van der Waals surface area (Å²) in [5.74, 6) is 0.991. The molecule has 0 atom stereocenters. The quantitative estimate of drug-likeness (QED) is 0.642. The first-order valence-electron chi connectivity index (χ1n) is 8.17. The van der Waals surface area contributed by atoms with Crippen molar-refractivity contribution in [2.75, 3.05) is 20.6 Å². The van der Waals surface area contributed by atoms with Crippen LogP contribution in [0.15, 0.2) is 48.5 Å². The SMILES string of the molecule is CN(C)CCCn1c(/C=C/c2ccc(Cl)cc2)nc2ccccc21. The Morgan fingerprint density at radius 1 is 1.04 bits per heavy atom. The third kappa shape index (κ3) is 4.05. The first-order valence-corrected chi connectivity index (χ1v) is 8.55. The second kappa shape index (κ2) is 7.65. The van der Waals surface area contributed by atoms with Crippen LogP contribution in [0.3, 0.4) is 0 Å². The van der Waals surface area contributed by atoms with Crippen LogP contribution in [-0.2, 0) is 6.54 Å². The molecule has 0 fully saturated rings. The smallest absolute Gasteiger partial charge is 0.133 e. The highest BCUT2D eigenvalue weighted by molar-refractivity contribution is 6.30. The minimum absolute atomic E-state index is 0.753. The molecule has 3 aromatic rings. The van der Waals surface area contributed by atoms with Gasteiger partial charge in [-0.2, -0.15) is 0 Å². The number of imidazole rings is 1. The van der Waals surface area contributed by atoms with Gasteiger partial charge in [0, 0.05) is 11.6 Å². The Balaban J connectivity index is 1.89. The number of hydrogen-bond acceptors (Lipinski definition) is 2. The summed E-state index contributed by atoms with van der Waals surface area (Å²) < 4.78 is 2.30. The molecule has 24 heavy (non-hydrogen) atoms. The van der Waals surface area contributed by atoms with Crippen LogP contribution >= 0.6 is 11.6 Å². The van der Waals surface area contributed by atoms with Crippen LogP contribution in [0.1, 0.15) is 17.8 Å². The molecule has 0 saturated carbocycles. The number of para-hydroxylation sites is 2. The highest BCUT2D eigenvalue weighted by atomic mass is 35.5. The van der Waals surface area contributed by atoms with Crippen molar-refractivity contribution in [1.82, 2.24) is 14.5 Å². The molecular weight excluding hydrogens is 318 g/mol. The minimum atomic E-state index is 0.753. The summed E-state index contributed by atoms with van der Waals surface area (Å²) in [6.45, 7) is 2.02. The zero-order valence-corrected chi connectivity index (χ0v) is 14.9. The lowest BCUT2D eigenvalue weighted by Gasteiger charge is -2.11. The Bertz CT molecular complexity index is 832. The molecule has 0 unspecified atom stereocenters. The topological polar surface area (TPSA) is 21.1 Å². The summed E-state index contributed by atoms with van der Waals surface area (Å²) >= 11 is 5.95. The second-order valence-electron chi connectivity index (χ2n) is 6.15. The van der Waals surface area contributed by atoms with E-state index in [0.29, 0.717) is 0 Å². The van der Waals surface area contributed by atoms with Crippen LogP contribution in [0, 0.1) is 0 Å². The molecule has 0 spiro atoms. The van der Waals surface area contributed by atoms with Crippen LogP contribution in [-0.4, -0.2) is 35.1 Å². The van der Waals surface area contributed by atoms with Gasteiger partial charge < -0.3 is 9.47 Å². The van der Waals surface area contributed by atoms with E-state index in [1.807, 2.05) is 30.3 Å². The van der Waals surface area contributed by atoms with Crippen molar-refractivity contribution in [3.05, 3.63) is 64.9 Å². The third-order valence-corrected chi connectivity index (χ3v) is 4.22. The van der Waals surface area contributed by atoms with E-state index in [1.165, 1.54) is 5.52 Å². The maximum absolute atomic E-state index is 5.95. The maximum Gasteiger partial charge on any atom is 0.133 e. The molecule has 0 aliphatic carbocycles. The van der Waals surface area contributed by atoms with E-state index in [2.05, 4.69) is 53.9 Å². The molecule has 3 rings (SSSR count). The van der Waals surface area contributed by atoms with Crippen LogP contribution in [0.5, 0.6) is 0 Å². The number of halogens is 1. The number of benzene rings is 2.